The molecule has 8 aromatic rings. The van der Waals surface area contributed by atoms with Gasteiger partial charge in [-0.2, -0.15) is 0 Å². The Balaban J connectivity index is 1.41. The van der Waals surface area contributed by atoms with Gasteiger partial charge in [0.15, 0.2) is 0 Å². The third kappa shape index (κ3) is 3.01. The van der Waals surface area contributed by atoms with Gasteiger partial charge in [0, 0.05) is 38.7 Å². The van der Waals surface area contributed by atoms with Crippen molar-refractivity contribution in [2.75, 3.05) is 0 Å². The summed E-state index contributed by atoms with van der Waals surface area (Å²) in [6.07, 6.45) is 0. The lowest BCUT2D eigenvalue weighted by Gasteiger charge is -2.27. The standard InChI is InChI=1S/C40H25N3/c1-3-13-25(14-4-1)42-34-21-11-8-17-27(34)30-23-32-31(24-36(30)42)37-28-18-7-10-20-33(28)41-39(37)38-29-19-9-12-22-35(29)43(40(32)38)26-15-5-2-6-16-26/h1-24,37H. The minimum atomic E-state index is 0.0698. The van der Waals surface area contributed by atoms with E-state index in [1.54, 1.807) is 0 Å². The number of hydrogen-bond donors (Lipinski definition) is 0. The second kappa shape index (κ2) is 8.43. The van der Waals surface area contributed by atoms with Crippen molar-refractivity contribution in [2.45, 2.75) is 5.92 Å². The van der Waals surface area contributed by atoms with E-state index in [-0.39, 0.29) is 5.92 Å². The van der Waals surface area contributed by atoms with E-state index in [4.69, 9.17) is 4.99 Å². The summed E-state index contributed by atoms with van der Waals surface area (Å²) in [6.45, 7) is 0. The van der Waals surface area contributed by atoms with Crippen LogP contribution >= 0.6 is 0 Å². The van der Waals surface area contributed by atoms with Crippen LogP contribution in [0.1, 0.15) is 22.6 Å². The van der Waals surface area contributed by atoms with E-state index in [9.17, 15) is 0 Å². The lowest BCUT2D eigenvalue weighted by atomic mass is 9.76. The first kappa shape index (κ1) is 23.0. The molecule has 0 fully saturated rings. The molecule has 0 N–H and O–H groups in total. The van der Waals surface area contributed by atoms with Crippen molar-refractivity contribution < 1.29 is 0 Å². The van der Waals surface area contributed by atoms with Crippen molar-refractivity contribution in [1.29, 1.82) is 0 Å². The SMILES string of the molecule is c1ccc(-n2c3c(c4ccccc42)C2=Nc4ccccc4C2c2cc4c(cc2-3)c2ccccc2n4-c2ccccc2)cc1. The van der Waals surface area contributed by atoms with Crippen LogP contribution in [0.15, 0.2) is 151 Å². The molecule has 0 saturated carbocycles. The van der Waals surface area contributed by atoms with Crippen LogP contribution in [-0.4, -0.2) is 14.8 Å². The van der Waals surface area contributed by atoms with Gasteiger partial charge in [0.05, 0.1) is 39.6 Å². The zero-order valence-corrected chi connectivity index (χ0v) is 23.3. The first-order chi connectivity index (χ1) is 21.4. The number of aromatic nitrogens is 2. The van der Waals surface area contributed by atoms with Gasteiger partial charge in [-0.1, -0.05) is 91.0 Å². The summed E-state index contributed by atoms with van der Waals surface area (Å²) in [6, 6.07) is 52.7. The van der Waals surface area contributed by atoms with E-state index in [1.807, 2.05) is 0 Å². The summed E-state index contributed by atoms with van der Waals surface area (Å²) in [5.41, 5.74) is 14.5. The van der Waals surface area contributed by atoms with Gasteiger partial charge in [0.25, 0.3) is 0 Å². The number of benzene rings is 6. The third-order valence-electron chi connectivity index (χ3n) is 9.33. The number of para-hydroxylation sites is 5. The number of nitrogens with zero attached hydrogens (tertiary/aromatic N) is 3. The molecular formula is C40H25N3. The van der Waals surface area contributed by atoms with E-state index in [0.717, 1.165) is 17.1 Å². The van der Waals surface area contributed by atoms with Crippen LogP contribution in [-0.2, 0) is 0 Å². The molecule has 43 heavy (non-hydrogen) atoms. The summed E-state index contributed by atoms with van der Waals surface area (Å²) in [7, 11) is 0. The molecule has 0 saturated heterocycles. The van der Waals surface area contributed by atoms with Crippen molar-refractivity contribution in [3.05, 3.63) is 162 Å². The molecule has 2 aromatic heterocycles. The zero-order valence-electron chi connectivity index (χ0n) is 23.3. The highest BCUT2D eigenvalue weighted by molar-refractivity contribution is 6.26. The van der Waals surface area contributed by atoms with Crippen LogP contribution in [0.3, 0.4) is 0 Å². The van der Waals surface area contributed by atoms with Gasteiger partial charge in [-0.15, -0.1) is 0 Å². The fourth-order valence-electron chi connectivity index (χ4n) is 7.62. The minimum Gasteiger partial charge on any atom is -0.309 e. The van der Waals surface area contributed by atoms with Crippen molar-refractivity contribution in [3.8, 4) is 22.6 Å². The van der Waals surface area contributed by atoms with E-state index in [2.05, 4.69) is 155 Å². The Morgan fingerprint density at radius 2 is 1.07 bits per heavy atom. The van der Waals surface area contributed by atoms with Crippen LogP contribution in [0, 0.1) is 0 Å². The van der Waals surface area contributed by atoms with E-state index in [0.29, 0.717) is 0 Å². The second-order valence-corrected chi connectivity index (χ2v) is 11.5. The first-order valence-corrected chi connectivity index (χ1v) is 14.9. The van der Waals surface area contributed by atoms with Gasteiger partial charge in [-0.05, 0) is 65.7 Å². The van der Waals surface area contributed by atoms with Crippen molar-refractivity contribution >= 4 is 44.1 Å². The molecule has 3 nitrogen and oxygen atoms in total. The number of rotatable bonds is 2. The Morgan fingerprint density at radius 1 is 0.465 bits per heavy atom. The Bertz CT molecular complexity index is 2440. The van der Waals surface area contributed by atoms with Crippen LogP contribution in [0.4, 0.5) is 5.69 Å². The molecule has 0 spiro atoms. The molecule has 3 heteroatoms. The molecule has 2 aliphatic rings. The van der Waals surface area contributed by atoms with Crippen molar-refractivity contribution in [3.63, 3.8) is 0 Å². The predicted octanol–water partition coefficient (Wildman–Crippen LogP) is 9.97. The van der Waals surface area contributed by atoms with Gasteiger partial charge in [-0.25, -0.2) is 0 Å². The molecular weight excluding hydrogens is 522 g/mol. The highest BCUT2D eigenvalue weighted by Gasteiger charge is 2.40. The van der Waals surface area contributed by atoms with Crippen LogP contribution in [0.25, 0.3) is 55.3 Å². The highest BCUT2D eigenvalue weighted by Crippen LogP contribution is 2.54. The van der Waals surface area contributed by atoms with Gasteiger partial charge < -0.3 is 9.13 Å². The monoisotopic (exact) mass is 547 g/mol. The maximum Gasteiger partial charge on any atom is 0.0675 e. The molecule has 1 aliphatic heterocycles. The van der Waals surface area contributed by atoms with E-state index >= 15 is 0 Å². The van der Waals surface area contributed by atoms with Crippen LogP contribution < -0.4 is 0 Å². The Hall–Kier alpha value is -5.67. The Labute approximate surface area is 248 Å². The molecule has 10 rings (SSSR count). The minimum absolute atomic E-state index is 0.0698. The van der Waals surface area contributed by atoms with Gasteiger partial charge in [0.2, 0.25) is 0 Å². The molecule has 0 bridgehead atoms. The number of fused-ring (bicyclic) bond motifs is 13. The largest absolute Gasteiger partial charge is 0.309 e. The van der Waals surface area contributed by atoms with Gasteiger partial charge in [-0.3, -0.25) is 4.99 Å². The molecule has 0 radical (unpaired) electrons. The summed E-state index contributed by atoms with van der Waals surface area (Å²) >= 11 is 0. The predicted molar refractivity (Wildman–Crippen MR) is 178 cm³/mol. The topological polar surface area (TPSA) is 22.2 Å². The van der Waals surface area contributed by atoms with Crippen LogP contribution in [0.5, 0.6) is 0 Å². The molecule has 200 valence electrons. The summed E-state index contributed by atoms with van der Waals surface area (Å²) in [5.74, 6) is 0.0698. The molecule has 3 heterocycles. The first-order valence-electron chi connectivity index (χ1n) is 14.9. The summed E-state index contributed by atoms with van der Waals surface area (Å²) < 4.78 is 4.87. The van der Waals surface area contributed by atoms with Gasteiger partial charge >= 0.3 is 0 Å². The fraction of sp³-hybridized carbons (Fsp3) is 0.0250. The molecule has 1 aliphatic carbocycles. The summed E-state index contributed by atoms with van der Waals surface area (Å²) in [4.78, 5) is 5.37. The average Bonchev–Trinajstić information content (AvgIpc) is 3.73. The van der Waals surface area contributed by atoms with E-state index in [1.165, 1.54) is 66.3 Å². The molecule has 6 aromatic carbocycles. The molecule has 1 atom stereocenters. The number of aliphatic imine (C=N–C) groups is 1. The highest BCUT2D eigenvalue weighted by atomic mass is 15.0. The maximum absolute atomic E-state index is 5.37. The second-order valence-electron chi connectivity index (χ2n) is 11.5. The lowest BCUT2D eigenvalue weighted by Crippen LogP contribution is -2.19. The quantitative estimate of drug-likeness (QED) is 0.205. The smallest absolute Gasteiger partial charge is 0.0675 e. The molecule has 0 amide bonds. The van der Waals surface area contributed by atoms with E-state index < -0.39 is 0 Å². The Morgan fingerprint density at radius 3 is 1.84 bits per heavy atom. The zero-order chi connectivity index (χ0) is 28.1. The normalized spacial score (nSPS) is 14.9. The lowest BCUT2D eigenvalue weighted by molar-refractivity contribution is 1.06. The average molecular weight is 548 g/mol. The van der Waals surface area contributed by atoms with Crippen molar-refractivity contribution in [1.82, 2.24) is 9.13 Å². The third-order valence-corrected chi connectivity index (χ3v) is 9.33. The fourth-order valence-corrected chi connectivity index (χ4v) is 7.62. The Kier molecular flexibility index (Phi) is 4.50. The van der Waals surface area contributed by atoms with Gasteiger partial charge in [0.1, 0.15) is 0 Å². The number of hydrogen-bond acceptors (Lipinski definition) is 1. The summed E-state index contributed by atoms with van der Waals surface area (Å²) in [5, 5.41) is 3.77. The van der Waals surface area contributed by atoms with Crippen LogP contribution in [0.2, 0.25) is 0 Å². The van der Waals surface area contributed by atoms with Crippen molar-refractivity contribution in [2.24, 2.45) is 4.99 Å². The maximum atomic E-state index is 5.37. The molecule has 1 unspecified atom stereocenters.